The number of hydrogen-bond acceptors (Lipinski definition) is 4. The highest BCUT2D eigenvalue weighted by Gasteiger charge is 2.25. The zero-order chi connectivity index (χ0) is 22.3. The van der Waals surface area contributed by atoms with Crippen LogP contribution in [0.2, 0.25) is 0 Å². The van der Waals surface area contributed by atoms with Gasteiger partial charge in [0.25, 0.3) is 0 Å². The van der Waals surface area contributed by atoms with Crippen molar-refractivity contribution in [1.82, 2.24) is 15.1 Å². The van der Waals surface area contributed by atoms with Crippen LogP contribution in [0.25, 0.3) is 0 Å². The maximum Gasteiger partial charge on any atom is 0.234 e. The van der Waals surface area contributed by atoms with Crippen LogP contribution in [-0.2, 0) is 22.6 Å². The lowest BCUT2D eigenvalue weighted by atomic mass is 9.93. The van der Waals surface area contributed by atoms with E-state index in [1.54, 1.807) is 0 Å². The van der Waals surface area contributed by atoms with Gasteiger partial charge in [-0.1, -0.05) is 30.3 Å². The Morgan fingerprint density at radius 3 is 2.59 bits per heavy atom. The van der Waals surface area contributed by atoms with Crippen LogP contribution in [0, 0.1) is 5.82 Å². The highest BCUT2D eigenvalue weighted by atomic mass is 32.2. The molecular formula is C24H25FN4O2S. The van der Waals surface area contributed by atoms with Gasteiger partial charge in [-0.25, -0.2) is 4.39 Å². The second kappa shape index (κ2) is 10.5. The predicted octanol–water partition coefficient (Wildman–Crippen LogP) is 3.94. The summed E-state index contributed by atoms with van der Waals surface area (Å²) in [6, 6.07) is 15.7. The van der Waals surface area contributed by atoms with Crippen molar-refractivity contribution in [3.8, 4) is 0 Å². The molecule has 166 valence electrons. The Balaban J connectivity index is 1.26. The van der Waals surface area contributed by atoms with Gasteiger partial charge in [0.15, 0.2) is 0 Å². The van der Waals surface area contributed by atoms with E-state index in [9.17, 15) is 14.0 Å². The van der Waals surface area contributed by atoms with Gasteiger partial charge < -0.3 is 10.6 Å². The fourth-order valence-electron chi connectivity index (χ4n) is 3.86. The molecule has 1 aromatic heterocycles. The number of anilines is 1. The van der Waals surface area contributed by atoms with Crippen molar-refractivity contribution in [2.24, 2.45) is 0 Å². The SMILES string of the molecule is O=C(CSCC(=O)NC1CCCc2c1cnn2Cc1ccccc1)Nc1ccc(F)cc1. The monoisotopic (exact) mass is 452 g/mol. The number of hydrogen-bond donors (Lipinski definition) is 2. The van der Waals surface area contributed by atoms with Gasteiger partial charge in [0, 0.05) is 16.9 Å². The van der Waals surface area contributed by atoms with Crippen molar-refractivity contribution in [3.05, 3.63) is 83.4 Å². The molecule has 0 saturated heterocycles. The summed E-state index contributed by atoms with van der Waals surface area (Å²) in [6.07, 6.45) is 4.69. The molecule has 3 aromatic rings. The smallest absolute Gasteiger partial charge is 0.234 e. The fourth-order valence-corrected chi connectivity index (χ4v) is 4.49. The first-order valence-electron chi connectivity index (χ1n) is 10.6. The van der Waals surface area contributed by atoms with Crippen LogP contribution in [0.1, 0.15) is 35.7 Å². The highest BCUT2D eigenvalue weighted by Crippen LogP contribution is 2.30. The lowest BCUT2D eigenvalue weighted by Gasteiger charge is -2.24. The molecular weight excluding hydrogens is 427 g/mol. The van der Waals surface area contributed by atoms with Gasteiger partial charge in [-0.2, -0.15) is 5.10 Å². The van der Waals surface area contributed by atoms with Crippen LogP contribution in [0.15, 0.2) is 60.8 Å². The number of halogens is 1. The molecule has 0 radical (unpaired) electrons. The minimum Gasteiger partial charge on any atom is -0.348 e. The summed E-state index contributed by atoms with van der Waals surface area (Å²) >= 11 is 1.25. The van der Waals surface area contributed by atoms with Crippen LogP contribution in [0.3, 0.4) is 0 Å². The van der Waals surface area contributed by atoms with Crippen molar-refractivity contribution in [2.75, 3.05) is 16.8 Å². The molecule has 0 saturated carbocycles. The predicted molar refractivity (Wildman–Crippen MR) is 124 cm³/mol. The molecule has 0 bridgehead atoms. The minimum absolute atomic E-state index is 0.0515. The topological polar surface area (TPSA) is 76.0 Å². The van der Waals surface area contributed by atoms with E-state index in [2.05, 4.69) is 27.9 Å². The maximum atomic E-state index is 12.9. The van der Waals surface area contributed by atoms with Crippen molar-refractivity contribution in [3.63, 3.8) is 0 Å². The quantitative estimate of drug-likeness (QED) is 0.543. The number of nitrogens with zero attached hydrogens (tertiary/aromatic N) is 2. The van der Waals surface area contributed by atoms with Gasteiger partial charge in [0.1, 0.15) is 5.82 Å². The lowest BCUT2D eigenvalue weighted by Crippen LogP contribution is -2.32. The summed E-state index contributed by atoms with van der Waals surface area (Å²) in [5.41, 5.74) is 3.99. The summed E-state index contributed by atoms with van der Waals surface area (Å²) in [7, 11) is 0. The third-order valence-electron chi connectivity index (χ3n) is 5.37. The Bertz CT molecular complexity index is 1070. The molecule has 0 aliphatic heterocycles. The summed E-state index contributed by atoms with van der Waals surface area (Å²) in [5, 5.41) is 10.4. The van der Waals surface area contributed by atoms with Crippen molar-refractivity contribution in [2.45, 2.75) is 31.8 Å². The van der Waals surface area contributed by atoms with Gasteiger partial charge >= 0.3 is 0 Å². The first-order valence-corrected chi connectivity index (χ1v) is 11.7. The van der Waals surface area contributed by atoms with Gasteiger partial charge in [-0.15, -0.1) is 11.8 Å². The van der Waals surface area contributed by atoms with Crippen LogP contribution in [0.4, 0.5) is 10.1 Å². The van der Waals surface area contributed by atoms with Crippen molar-refractivity contribution >= 4 is 29.3 Å². The van der Waals surface area contributed by atoms with E-state index in [1.165, 1.54) is 47.3 Å². The van der Waals surface area contributed by atoms with E-state index in [4.69, 9.17) is 0 Å². The zero-order valence-corrected chi connectivity index (χ0v) is 18.4. The summed E-state index contributed by atoms with van der Waals surface area (Å²) in [6.45, 7) is 0.718. The molecule has 1 unspecified atom stereocenters. The first kappa shape index (κ1) is 22.1. The average molecular weight is 453 g/mol. The van der Waals surface area contributed by atoms with Crippen LogP contribution < -0.4 is 10.6 Å². The zero-order valence-electron chi connectivity index (χ0n) is 17.6. The molecule has 0 fully saturated rings. The van der Waals surface area contributed by atoms with Gasteiger partial charge in [-0.05, 0) is 49.1 Å². The summed E-state index contributed by atoms with van der Waals surface area (Å²) in [5.74, 6) is -0.336. The molecule has 0 spiro atoms. The average Bonchev–Trinajstić information content (AvgIpc) is 3.20. The molecule has 4 rings (SSSR count). The third kappa shape index (κ3) is 5.76. The van der Waals surface area contributed by atoms with E-state index in [0.717, 1.165) is 31.4 Å². The number of benzene rings is 2. The molecule has 1 heterocycles. The number of amides is 2. The molecule has 2 aromatic carbocycles. The van der Waals surface area contributed by atoms with E-state index in [1.807, 2.05) is 29.1 Å². The van der Waals surface area contributed by atoms with Gasteiger partial charge in [0.2, 0.25) is 11.8 Å². The van der Waals surface area contributed by atoms with Crippen LogP contribution in [-0.4, -0.2) is 33.1 Å². The van der Waals surface area contributed by atoms with E-state index in [0.29, 0.717) is 5.69 Å². The van der Waals surface area contributed by atoms with E-state index >= 15 is 0 Å². The molecule has 1 atom stereocenters. The standard InChI is InChI=1S/C24H25FN4O2S/c25-18-9-11-19(12-10-18)27-23(30)15-32-16-24(31)28-21-7-4-8-22-20(21)13-26-29(22)14-17-5-2-1-3-6-17/h1-3,5-6,9-13,21H,4,7-8,14-16H2,(H,27,30)(H,28,31). The Morgan fingerprint density at radius 2 is 1.81 bits per heavy atom. The van der Waals surface area contributed by atoms with E-state index < -0.39 is 0 Å². The largest absolute Gasteiger partial charge is 0.348 e. The van der Waals surface area contributed by atoms with Crippen molar-refractivity contribution in [1.29, 1.82) is 0 Å². The van der Waals surface area contributed by atoms with E-state index in [-0.39, 0.29) is 35.2 Å². The molecule has 32 heavy (non-hydrogen) atoms. The number of aromatic nitrogens is 2. The number of carbonyl (C=O) groups excluding carboxylic acids is 2. The second-order valence-corrected chi connectivity index (χ2v) is 8.74. The Morgan fingerprint density at radius 1 is 1.06 bits per heavy atom. The van der Waals surface area contributed by atoms with Crippen molar-refractivity contribution < 1.29 is 14.0 Å². The number of fused-ring (bicyclic) bond motifs is 1. The molecule has 1 aliphatic rings. The number of nitrogens with one attached hydrogen (secondary N) is 2. The summed E-state index contributed by atoms with van der Waals surface area (Å²) < 4.78 is 15.0. The number of thioether (sulfide) groups is 1. The van der Waals surface area contributed by atoms with Gasteiger partial charge in [-0.3, -0.25) is 14.3 Å². The number of carbonyl (C=O) groups is 2. The number of rotatable bonds is 8. The molecule has 8 heteroatoms. The Kier molecular flexibility index (Phi) is 7.21. The fraction of sp³-hybridized carbons (Fsp3) is 0.292. The van der Waals surface area contributed by atoms with Crippen LogP contribution >= 0.6 is 11.8 Å². The van der Waals surface area contributed by atoms with Crippen LogP contribution in [0.5, 0.6) is 0 Å². The molecule has 2 amide bonds. The van der Waals surface area contributed by atoms with Gasteiger partial charge in [0.05, 0.1) is 30.3 Å². The third-order valence-corrected chi connectivity index (χ3v) is 6.30. The highest BCUT2D eigenvalue weighted by molar-refractivity contribution is 8.00. The first-order chi connectivity index (χ1) is 15.6. The lowest BCUT2D eigenvalue weighted by molar-refractivity contribution is -0.119. The Hall–Kier alpha value is -3.13. The normalized spacial score (nSPS) is 15.1. The maximum absolute atomic E-state index is 12.9. The molecule has 1 aliphatic carbocycles. The second-order valence-electron chi connectivity index (χ2n) is 7.75. The molecule has 6 nitrogen and oxygen atoms in total. The Labute approximate surface area is 190 Å². The molecule has 2 N–H and O–H groups in total. The minimum atomic E-state index is -0.356. The summed E-state index contributed by atoms with van der Waals surface area (Å²) in [4.78, 5) is 24.5.